The van der Waals surface area contributed by atoms with Gasteiger partial charge in [0.1, 0.15) is 0 Å². The van der Waals surface area contributed by atoms with Gasteiger partial charge in [0.15, 0.2) is 0 Å². The van der Waals surface area contributed by atoms with E-state index < -0.39 is 0 Å². The molecule has 1 atom stereocenters. The lowest BCUT2D eigenvalue weighted by molar-refractivity contribution is 0.683. The van der Waals surface area contributed by atoms with Crippen LogP contribution in [0.3, 0.4) is 0 Å². The number of aryl methyl sites for hydroxylation is 1. The standard InChI is InChI=1S/C18H16Cl2N2S/c1-13-2-5-15(6-3-13)23-18(11-22-9-8-21-12-22)16-7-4-14(19)10-17(16)20/h2-10,12,18H,11H2,1H3. The zero-order valence-corrected chi connectivity index (χ0v) is 14.9. The summed E-state index contributed by atoms with van der Waals surface area (Å²) in [5, 5.41) is 1.53. The quantitative estimate of drug-likeness (QED) is 0.515. The van der Waals surface area contributed by atoms with Crippen molar-refractivity contribution in [3.05, 3.63) is 82.4 Å². The molecule has 1 unspecified atom stereocenters. The molecular formula is C18H16Cl2N2S. The zero-order valence-electron chi connectivity index (χ0n) is 12.6. The molecule has 0 N–H and O–H groups in total. The first kappa shape index (κ1) is 16.4. The third-order valence-electron chi connectivity index (χ3n) is 3.54. The first-order valence-electron chi connectivity index (χ1n) is 7.26. The molecule has 3 rings (SSSR count). The van der Waals surface area contributed by atoms with Gasteiger partial charge in [0.25, 0.3) is 0 Å². The van der Waals surface area contributed by atoms with Crippen molar-refractivity contribution < 1.29 is 0 Å². The lowest BCUT2D eigenvalue weighted by Crippen LogP contribution is -2.05. The average molecular weight is 363 g/mol. The van der Waals surface area contributed by atoms with Gasteiger partial charge in [-0.25, -0.2) is 4.98 Å². The number of halogens is 2. The van der Waals surface area contributed by atoms with E-state index in [1.807, 2.05) is 24.7 Å². The van der Waals surface area contributed by atoms with Gasteiger partial charge in [-0.3, -0.25) is 0 Å². The molecule has 0 spiro atoms. The second kappa shape index (κ2) is 7.43. The molecule has 118 valence electrons. The fourth-order valence-corrected chi connectivity index (χ4v) is 4.13. The van der Waals surface area contributed by atoms with Crippen LogP contribution in [0.15, 0.2) is 66.1 Å². The maximum Gasteiger partial charge on any atom is 0.0946 e. The molecule has 0 aliphatic carbocycles. The fourth-order valence-electron chi connectivity index (χ4n) is 2.33. The van der Waals surface area contributed by atoms with Crippen molar-refractivity contribution in [1.82, 2.24) is 9.55 Å². The highest BCUT2D eigenvalue weighted by Crippen LogP contribution is 2.40. The van der Waals surface area contributed by atoms with E-state index in [9.17, 15) is 0 Å². The van der Waals surface area contributed by atoms with Gasteiger partial charge >= 0.3 is 0 Å². The Balaban J connectivity index is 1.90. The van der Waals surface area contributed by atoms with E-state index >= 15 is 0 Å². The molecule has 0 saturated carbocycles. The normalized spacial score (nSPS) is 12.3. The molecule has 0 bridgehead atoms. The largest absolute Gasteiger partial charge is 0.336 e. The van der Waals surface area contributed by atoms with Crippen LogP contribution in [0.25, 0.3) is 0 Å². The van der Waals surface area contributed by atoms with E-state index in [-0.39, 0.29) is 5.25 Å². The molecule has 1 aromatic heterocycles. The van der Waals surface area contributed by atoms with Gasteiger partial charge in [-0.15, -0.1) is 11.8 Å². The van der Waals surface area contributed by atoms with E-state index in [4.69, 9.17) is 23.2 Å². The van der Waals surface area contributed by atoms with Crippen LogP contribution >= 0.6 is 35.0 Å². The van der Waals surface area contributed by atoms with Crippen LogP contribution in [0.1, 0.15) is 16.4 Å². The fraction of sp³-hybridized carbons (Fsp3) is 0.167. The Hall–Kier alpha value is -1.42. The molecule has 0 aliphatic rings. The Kier molecular flexibility index (Phi) is 5.31. The second-order valence-corrected chi connectivity index (χ2v) is 7.46. The van der Waals surface area contributed by atoms with Crippen LogP contribution in [0, 0.1) is 6.92 Å². The Labute approximate surface area is 150 Å². The molecule has 0 saturated heterocycles. The summed E-state index contributed by atoms with van der Waals surface area (Å²) in [4.78, 5) is 5.34. The molecule has 0 amide bonds. The maximum absolute atomic E-state index is 6.43. The summed E-state index contributed by atoms with van der Waals surface area (Å²) >= 11 is 14.3. The highest BCUT2D eigenvalue weighted by molar-refractivity contribution is 7.99. The third kappa shape index (κ3) is 4.31. The molecule has 23 heavy (non-hydrogen) atoms. The van der Waals surface area contributed by atoms with Crippen LogP contribution in [0.2, 0.25) is 10.0 Å². The van der Waals surface area contributed by atoms with Gasteiger partial charge in [0, 0.05) is 33.9 Å². The van der Waals surface area contributed by atoms with E-state index in [0.717, 1.165) is 12.1 Å². The van der Waals surface area contributed by atoms with Crippen molar-refractivity contribution in [2.75, 3.05) is 0 Å². The van der Waals surface area contributed by atoms with Crippen LogP contribution in [-0.2, 0) is 6.54 Å². The molecule has 3 aromatic rings. The summed E-state index contributed by atoms with van der Waals surface area (Å²) < 4.78 is 2.07. The van der Waals surface area contributed by atoms with Crippen molar-refractivity contribution in [2.45, 2.75) is 23.6 Å². The second-order valence-electron chi connectivity index (χ2n) is 5.34. The highest BCUT2D eigenvalue weighted by atomic mass is 35.5. The van der Waals surface area contributed by atoms with E-state index in [1.54, 1.807) is 24.0 Å². The van der Waals surface area contributed by atoms with Crippen LogP contribution in [0.4, 0.5) is 0 Å². The first-order chi connectivity index (χ1) is 11.1. The van der Waals surface area contributed by atoms with Crippen molar-refractivity contribution in [3.63, 3.8) is 0 Å². The smallest absolute Gasteiger partial charge is 0.0946 e. The maximum atomic E-state index is 6.43. The molecule has 0 fully saturated rings. The van der Waals surface area contributed by atoms with Gasteiger partial charge in [0.05, 0.1) is 11.6 Å². The highest BCUT2D eigenvalue weighted by Gasteiger charge is 2.17. The monoisotopic (exact) mass is 362 g/mol. The number of nitrogens with zero attached hydrogens (tertiary/aromatic N) is 2. The van der Waals surface area contributed by atoms with Gasteiger partial charge in [-0.1, -0.05) is 47.0 Å². The van der Waals surface area contributed by atoms with Gasteiger partial charge in [0.2, 0.25) is 0 Å². The summed E-state index contributed by atoms with van der Waals surface area (Å²) in [6, 6.07) is 14.2. The summed E-state index contributed by atoms with van der Waals surface area (Å²) in [6.45, 7) is 2.88. The molecule has 2 nitrogen and oxygen atoms in total. The van der Waals surface area contributed by atoms with Crippen LogP contribution in [0.5, 0.6) is 0 Å². The van der Waals surface area contributed by atoms with Crippen LogP contribution < -0.4 is 0 Å². The van der Waals surface area contributed by atoms with E-state index in [1.165, 1.54) is 10.5 Å². The Bertz CT molecular complexity index is 770. The number of rotatable bonds is 5. The SMILES string of the molecule is Cc1ccc(SC(Cn2ccnc2)c2ccc(Cl)cc2Cl)cc1. The van der Waals surface area contributed by atoms with Crippen LogP contribution in [-0.4, -0.2) is 9.55 Å². The lowest BCUT2D eigenvalue weighted by atomic mass is 10.1. The number of thioether (sulfide) groups is 1. The number of benzene rings is 2. The molecule has 0 radical (unpaired) electrons. The summed E-state index contributed by atoms with van der Waals surface area (Å²) in [5.74, 6) is 0. The number of hydrogen-bond acceptors (Lipinski definition) is 2. The van der Waals surface area contributed by atoms with Crippen molar-refractivity contribution >= 4 is 35.0 Å². The molecule has 1 heterocycles. The summed E-state index contributed by atoms with van der Waals surface area (Å²) in [5.41, 5.74) is 2.33. The Morgan fingerprint density at radius 1 is 1.13 bits per heavy atom. The topological polar surface area (TPSA) is 17.8 Å². The van der Waals surface area contributed by atoms with E-state index in [0.29, 0.717) is 10.0 Å². The minimum atomic E-state index is 0.177. The Morgan fingerprint density at radius 3 is 2.57 bits per heavy atom. The predicted molar refractivity (Wildman–Crippen MR) is 98.5 cm³/mol. The Morgan fingerprint density at radius 2 is 1.91 bits per heavy atom. The summed E-state index contributed by atoms with van der Waals surface area (Å²) in [7, 11) is 0. The average Bonchev–Trinajstić information content (AvgIpc) is 3.02. The summed E-state index contributed by atoms with van der Waals surface area (Å²) in [6.07, 6.45) is 5.58. The lowest BCUT2D eigenvalue weighted by Gasteiger charge is -2.19. The van der Waals surface area contributed by atoms with Gasteiger partial charge < -0.3 is 4.57 Å². The third-order valence-corrected chi connectivity index (χ3v) is 5.34. The van der Waals surface area contributed by atoms with E-state index in [2.05, 4.69) is 40.7 Å². The van der Waals surface area contributed by atoms with Gasteiger partial charge in [-0.2, -0.15) is 0 Å². The number of aromatic nitrogens is 2. The van der Waals surface area contributed by atoms with Crippen molar-refractivity contribution in [1.29, 1.82) is 0 Å². The molecule has 2 aromatic carbocycles. The number of imidazole rings is 1. The number of hydrogen-bond donors (Lipinski definition) is 0. The van der Waals surface area contributed by atoms with Crippen molar-refractivity contribution in [2.24, 2.45) is 0 Å². The molecule has 0 aliphatic heterocycles. The molecular weight excluding hydrogens is 347 g/mol. The molecule has 5 heteroatoms. The zero-order chi connectivity index (χ0) is 16.2. The predicted octanol–water partition coefficient (Wildman–Crippen LogP) is 6.03. The van der Waals surface area contributed by atoms with Gasteiger partial charge in [-0.05, 0) is 36.8 Å². The van der Waals surface area contributed by atoms with Crippen molar-refractivity contribution in [3.8, 4) is 0 Å². The minimum absolute atomic E-state index is 0.177. The minimum Gasteiger partial charge on any atom is -0.336 e. The first-order valence-corrected chi connectivity index (χ1v) is 8.89.